The number of thiophene rings is 1. The minimum atomic E-state index is -0.139. The SMILES string of the molecule is Cc1ccc(-c2cc(C(=O)N3CCC(NC(=O)c4cnn(C)c4)CC3)c3c(C)noc3n2)s1. The Hall–Kier alpha value is -3.53. The van der Waals surface area contributed by atoms with Gasteiger partial charge in [-0.05, 0) is 44.9 Å². The van der Waals surface area contributed by atoms with E-state index in [9.17, 15) is 9.59 Å². The quantitative estimate of drug-likeness (QED) is 0.497. The molecule has 10 heteroatoms. The zero-order valence-electron chi connectivity index (χ0n) is 18.7. The van der Waals surface area contributed by atoms with Crippen molar-refractivity contribution < 1.29 is 14.1 Å². The molecular weight excluding hydrogens is 440 g/mol. The Kier molecular flexibility index (Phi) is 5.45. The van der Waals surface area contributed by atoms with Crippen molar-refractivity contribution in [3.63, 3.8) is 0 Å². The summed E-state index contributed by atoms with van der Waals surface area (Å²) in [5.74, 6) is -0.208. The van der Waals surface area contributed by atoms with Gasteiger partial charge in [0.2, 0.25) is 0 Å². The first-order valence-corrected chi connectivity index (χ1v) is 11.6. The maximum absolute atomic E-state index is 13.5. The molecule has 0 atom stereocenters. The topological polar surface area (TPSA) is 106 Å². The molecular formula is C23H24N6O3S. The van der Waals surface area contributed by atoms with Crippen molar-refractivity contribution in [3.8, 4) is 10.6 Å². The number of nitrogens with zero attached hydrogens (tertiary/aromatic N) is 5. The molecule has 1 N–H and O–H groups in total. The van der Waals surface area contributed by atoms with Gasteiger partial charge in [0.1, 0.15) is 0 Å². The molecule has 0 aromatic carbocycles. The van der Waals surface area contributed by atoms with Gasteiger partial charge < -0.3 is 14.7 Å². The molecule has 1 saturated heterocycles. The predicted octanol–water partition coefficient (Wildman–Crippen LogP) is 3.34. The van der Waals surface area contributed by atoms with E-state index in [1.807, 2.05) is 36.9 Å². The van der Waals surface area contributed by atoms with Crippen LogP contribution in [0.15, 0.2) is 35.1 Å². The molecule has 0 aliphatic carbocycles. The first-order valence-electron chi connectivity index (χ1n) is 10.8. The van der Waals surface area contributed by atoms with Crippen LogP contribution in [-0.2, 0) is 7.05 Å². The predicted molar refractivity (Wildman–Crippen MR) is 124 cm³/mol. The van der Waals surface area contributed by atoms with Crippen LogP contribution in [0.2, 0.25) is 0 Å². The number of aromatic nitrogens is 4. The monoisotopic (exact) mass is 464 g/mol. The number of nitrogens with one attached hydrogen (secondary N) is 1. The fraction of sp³-hybridized carbons (Fsp3) is 0.348. The van der Waals surface area contributed by atoms with E-state index in [0.717, 1.165) is 4.88 Å². The number of pyridine rings is 1. The van der Waals surface area contributed by atoms with E-state index in [1.165, 1.54) is 4.88 Å². The van der Waals surface area contributed by atoms with E-state index >= 15 is 0 Å². The molecule has 1 fully saturated rings. The number of carbonyl (C=O) groups excluding carboxylic acids is 2. The lowest BCUT2D eigenvalue weighted by Gasteiger charge is -2.32. The number of amides is 2. The molecule has 170 valence electrons. The fourth-order valence-electron chi connectivity index (χ4n) is 4.17. The van der Waals surface area contributed by atoms with E-state index in [1.54, 1.807) is 35.5 Å². The molecule has 0 spiro atoms. The Bertz CT molecular complexity index is 1350. The highest BCUT2D eigenvalue weighted by Crippen LogP contribution is 2.32. The lowest BCUT2D eigenvalue weighted by atomic mass is 10.0. The first kappa shape index (κ1) is 21.3. The maximum Gasteiger partial charge on any atom is 0.259 e. The van der Waals surface area contributed by atoms with E-state index in [-0.39, 0.29) is 17.9 Å². The van der Waals surface area contributed by atoms with E-state index in [4.69, 9.17) is 4.52 Å². The van der Waals surface area contributed by atoms with Gasteiger partial charge in [0, 0.05) is 37.3 Å². The molecule has 0 unspecified atom stereocenters. The summed E-state index contributed by atoms with van der Waals surface area (Å²) in [6.45, 7) is 4.96. The summed E-state index contributed by atoms with van der Waals surface area (Å²) in [7, 11) is 1.78. The Balaban J connectivity index is 1.34. The number of carbonyl (C=O) groups is 2. The van der Waals surface area contributed by atoms with Crippen molar-refractivity contribution in [2.24, 2.45) is 7.05 Å². The van der Waals surface area contributed by atoms with Gasteiger partial charge >= 0.3 is 0 Å². The fourth-order valence-corrected chi connectivity index (χ4v) is 4.99. The summed E-state index contributed by atoms with van der Waals surface area (Å²) < 4.78 is 7.02. The molecule has 5 rings (SSSR count). The minimum Gasteiger partial charge on any atom is -0.349 e. The van der Waals surface area contributed by atoms with Crippen LogP contribution < -0.4 is 5.32 Å². The number of likely N-dealkylation sites (tertiary alicyclic amines) is 1. The molecule has 0 bridgehead atoms. The zero-order chi connectivity index (χ0) is 23.1. The van der Waals surface area contributed by atoms with Crippen LogP contribution in [-0.4, -0.2) is 55.8 Å². The Morgan fingerprint density at radius 1 is 1.21 bits per heavy atom. The van der Waals surface area contributed by atoms with Crippen LogP contribution in [0.1, 0.15) is 44.1 Å². The third-order valence-corrected chi connectivity index (χ3v) is 6.95. The van der Waals surface area contributed by atoms with Crippen molar-refractivity contribution in [1.82, 2.24) is 30.1 Å². The van der Waals surface area contributed by atoms with Crippen LogP contribution in [0.25, 0.3) is 21.7 Å². The average molecular weight is 465 g/mol. The molecule has 9 nitrogen and oxygen atoms in total. The number of hydrogen-bond donors (Lipinski definition) is 1. The maximum atomic E-state index is 13.5. The average Bonchev–Trinajstić information content (AvgIpc) is 3.53. The standard InChI is InChI=1S/C23H24N6O3S/c1-13-4-5-19(33-13)18-10-17(20-14(2)27-32-22(20)26-18)23(31)29-8-6-16(7-9-29)25-21(30)15-11-24-28(3)12-15/h4-5,10-12,16H,6-9H2,1-3H3,(H,25,30). The summed E-state index contributed by atoms with van der Waals surface area (Å²) in [6, 6.07) is 5.89. The largest absolute Gasteiger partial charge is 0.349 e. The van der Waals surface area contributed by atoms with Gasteiger partial charge in [-0.2, -0.15) is 5.10 Å². The summed E-state index contributed by atoms with van der Waals surface area (Å²) in [5, 5.41) is 11.8. The van der Waals surface area contributed by atoms with Crippen LogP contribution in [0.3, 0.4) is 0 Å². The molecule has 1 aliphatic rings. The van der Waals surface area contributed by atoms with E-state index < -0.39 is 0 Å². The lowest BCUT2D eigenvalue weighted by Crippen LogP contribution is -2.46. The molecule has 2 amide bonds. The van der Waals surface area contributed by atoms with Crippen molar-refractivity contribution in [3.05, 3.63) is 52.3 Å². The van der Waals surface area contributed by atoms with Gasteiger partial charge in [-0.1, -0.05) is 5.16 Å². The number of aryl methyl sites for hydroxylation is 3. The number of fused-ring (bicyclic) bond motifs is 1. The third-order valence-electron chi connectivity index (χ3n) is 5.92. The van der Waals surface area contributed by atoms with Gasteiger partial charge in [0.05, 0.1) is 39.0 Å². The van der Waals surface area contributed by atoms with Crippen molar-refractivity contribution in [2.45, 2.75) is 32.7 Å². The zero-order valence-corrected chi connectivity index (χ0v) is 19.5. The van der Waals surface area contributed by atoms with Crippen LogP contribution in [0.5, 0.6) is 0 Å². The summed E-state index contributed by atoms with van der Waals surface area (Å²) >= 11 is 1.62. The molecule has 4 aromatic heterocycles. The van der Waals surface area contributed by atoms with Crippen LogP contribution >= 0.6 is 11.3 Å². The molecule has 0 radical (unpaired) electrons. The second-order valence-electron chi connectivity index (χ2n) is 8.36. The number of rotatable bonds is 4. The molecule has 4 aromatic rings. The molecule has 0 saturated carbocycles. The Morgan fingerprint density at radius 3 is 2.67 bits per heavy atom. The molecule has 5 heterocycles. The second-order valence-corrected chi connectivity index (χ2v) is 9.64. The van der Waals surface area contributed by atoms with Gasteiger partial charge in [-0.15, -0.1) is 11.3 Å². The molecule has 1 aliphatic heterocycles. The lowest BCUT2D eigenvalue weighted by molar-refractivity contribution is 0.0700. The number of hydrogen-bond acceptors (Lipinski definition) is 7. The smallest absolute Gasteiger partial charge is 0.259 e. The van der Waals surface area contributed by atoms with Gasteiger partial charge in [-0.3, -0.25) is 14.3 Å². The molecule has 33 heavy (non-hydrogen) atoms. The number of piperidine rings is 1. The normalized spacial score (nSPS) is 14.7. The van der Waals surface area contributed by atoms with Gasteiger partial charge in [-0.25, -0.2) is 4.98 Å². The summed E-state index contributed by atoms with van der Waals surface area (Å²) in [5.41, 5.74) is 2.82. The minimum absolute atomic E-state index is 0.0150. The first-order chi connectivity index (χ1) is 15.9. The highest BCUT2D eigenvalue weighted by molar-refractivity contribution is 7.15. The van der Waals surface area contributed by atoms with Crippen molar-refractivity contribution >= 4 is 34.3 Å². The second kappa shape index (κ2) is 8.43. The van der Waals surface area contributed by atoms with E-state index in [2.05, 4.69) is 20.6 Å². The highest BCUT2D eigenvalue weighted by Gasteiger charge is 2.28. The summed E-state index contributed by atoms with van der Waals surface area (Å²) in [6.07, 6.45) is 4.62. The van der Waals surface area contributed by atoms with Gasteiger partial charge in [0.15, 0.2) is 0 Å². The van der Waals surface area contributed by atoms with Crippen LogP contribution in [0.4, 0.5) is 0 Å². The van der Waals surface area contributed by atoms with Crippen molar-refractivity contribution in [2.75, 3.05) is 13.1 Å². The van der Waals surface area contributed by atoms with E-state index in [0.29, 0.717) is 59.5 Å². The van der Waals surface area contributed by atoms with Gasteiger partial charge in [0.25, 0.3) is 17.5 Å². The Morgan fingerprint density at radius 2 is 2.00 bits per heavy atom. The third kappa shape index (κ3) is 4.13. The van der Waals surface area contributed by atoms with Crippen LogP contribution in [0, 0.1) is 13.8 Å². The summed E-state index contributed by atoms with van der Waals surface area (Å²) in [4.78, 5) is 34.5. The Labute approximate surface area is 194 Å². The van der Waals surface area contributed by atoms with Crippen molar-refractivity contribution in [1.29, 1.82) is 0 Å². The highest BCUT2D eigenvalue weighted by atomic mass is 32.1.